The Morgan fingerprint density at radius 2 is 1.71 bits per heavy atom. The van der Waals surface area contributed by atoms with Gasteiger partial charge < -0.3 is 15.2 Å². The number of phenols is 1. The number of ether oxygens (including phenoxy) is 1. The smallest absolute Gasteiger partial charge is 0.407 e. The van der Waals surface area contributed by atoms with Crippen molar-refractivity contribution in [1.29, 1.82) is 0 Å². The van der Waals surface area contributed by atoms with Gasteiger partial charge in [0.25, 0.3) is 0 Å². The highest BCUT2D eigenvalue weighted by Gasteiger charge is 2.24. The summed E-state index contributed by atoms with van der Waals surface area (Å²) in [6.07, 6.45) is -0.421. The van der Waals surface area contributed by atoms with Crippen molar-refractivity contribution in [1.82, 2.24) is 5.32 Å². The number of amides is 1. The van der Waals surface area contributed by atoms with Gasteiger partial charge in [0.2, 0.25) is 0 Å². The number of hydrogen-bond acceptors (Lipinski definition) is 3. The minimum atomic E-state index is -1.40. The van der Waals surface area contributed by atoms with Crippen LogP contribution in [0.4, 0.5) is 4.79 Å². The molecule has 128 valence electrons. The first-order chi connectivity index (χ1) is 11.3. The van der Waals surface area contributed by atoms with Crippen molar-refractivity contribution in [3.05, 3.63) is 65.7 Å². The molecule has 2 aromatic carbocycles. The predicted octanol–water partition coefficient (Wildman–Crippen LogP) is 4.70. The van der Waals surface area contributed by atoms with Crippen molar-refractivity contribution in [2.45, 2.75) is 38.3 Å². The number of alkyl carbamates (subject to hydrolysis) is 1. The van der Waals surface area contributed by atoms with Gasteiger partial charge in [-0.2, -0.15) is 0 Å². The zero-order valence-electron chi connectivity index (χ0n) is 14.5. The minimum absolute atomic E-state index is 0.111. The number of nitrogens with one attached hydrogen (secondary N) is 1. The normalized spacial score (nSPS) is 12.5. The molecule has 0 bridgehead atoms. The van der Waals surface area contributed by atoms with E-state index in [1.54, 1.807) is 12.1 Å². The van der Waals surface area contributed by atoms with Gasteiger partial charge in [-0.25, -0.2) is 4.79 Å². The SMILES string of the molecule is C[Si](C)(C)CC(NC(=O)OCc1ccccc1)c1ccc(O)cc1. The Morgan fingerprint density at radius 3 is 2.29 bits per heavy atom. The van der Waals surface area contributed by atoms with Crippen LogP contribution >= 0.6 is 0 Å². The number of hydrogen-bond donors (Lipinski definition) is 2. The molecule has 0 saturated carbocycles. The van der Waals surface area contributed by atoms with Gasteiger partial charge in [0.15, 0.2) is 0 Å². The van der Waals surface area contributed by atoms with Gasteiger partial charge in [-0.3, -0.25) is 0 Å². The highest BCUT2D eigenvalue weighted by atomic mass is 28.3. The van der Waals surface area contributed by atoms with Crippen LogP contribution in [0.25, 0.3) is 0 Å². The number of benzene rings is 2. The van der Waals surface area contributed by atoms with Crippen LogP contribution in [0.2, 0.25) is 25.7 Å². The second kappa shape index (κ2) is 8.01. The van der Waals surface area contributed by atoms with E-state index in [9.17, 15) is 9.90 Å². The maximum atomic E-state index is 12.2. The first-order valence-electron chi connectivity index (χ1n) is 8.10. The lowest BCUT2D eigenvalue weighted by molar-refractivity contribution is 0.136. The van der Waals surface area contributed by atoms with Gasteiger partial charge >= 0.3 is 6.09 Å². The molecule has 0 aliphatic rings. The van der Waals surface area contributed by atoms with E-state index < -0.39 is 14.2 Å². The second-order valence-corrected chi connectivity index (χ2v) is 12.6. The maximum Gasteiger partial charge on any atom is 0.407 e. The van der Waals surface area contributed by atoms with E-state index in [0.29, 0.717) is 0 Å². The molecule has 2 rings (SSSR count). The molecule has 24 heavy (non-hydrogen) atoms. The van der Waals surface area contributed by atoms with E-state index in [1.807, 2.05) is 42.5 Å². The Morgan fingerprint density at radius 1 is 1.08 bits per heavy atom. The Labute approximate surface area is 144 Å². The molecule has 0 radical (unpaired) electrons. The quantitative estimate of drug-likeness (QED) is 0.748. The molecule has 0 spiro atoms. The van der Waals surface area contributed by atoms with E-state index in [2.05, 4.69) is 25.0 Å². The van der Waals surface area contributed by atoms with Crippen LogP contribution in [-0.2, 0) is 11.3 Å². The summed E-state index contributed by atoms with van der Waals surface area (Å²) in [6, 6.07) is 17.4. The van der Waals surface area contributed by atoms with Crippen LogP contribution in [0.1, 0.15) is 17.2 Å². The first kappa shape index (κ1) is 18.1. The second-order valence-electron chi connectivity index (χ2n) is 7.11. The summed E-state index contributed by atoms with van der Waals surface area (Å²) in [5, 5.41) is 12.4. The van der Waals surface area contributed by atoms with E-state index in [4.69, 9.17) is 4.74 Å². The average Bonchev–Trinajstić information content (AvgIpc) is 2.53. The van der Waals surface area contributed by atoms with Crippen LogP contribution in [0.15, 0.2) is 54.6 Å². The van der Waals surface area contributed by atoms with Gasteiger partial charge in [-0.15, -0.1) is 0 Å². The zero-order valence-corrected chi connectivity index (χ0v) is 15.5. The van der Waals surface area contributed by atoms with E-state index in [-0.39, 0.29) is 18.4 Å². The third-order valence-corrected chi connectivity index (χ3v) is 5.25. The van der Waals surface area contributed by atoms with Crippen LogP contribution in [0, 0.1) is 0 Å². The third-order valence-electron chi connectivity index (χ3n) is 3.62. The predicted molar refractivity (Wildman–Crippen MR) is 98.8 cm³/mol. The summed E-state index contributed by atoms with van der Waals surface area (Å²) in [5.74, 6) is 0.220. The standard InChI is InChI=1S/C19H25NO3Si/c1-24(2,3)14-18(16-9-11-17(21)12-10-16)20-19(22)23-13-15-7-5-4-6-8-15/h4-12,18,21H,13-14H2,1-3H3,(H,20,22). The lowest BCUT2D eigenvalue weighted by Crippen LogP contribution is -2.34. The van der Waals surface area contributed by atoms with Crippen LogP contribution < -0.4 is 5.32 Å². The van der Waals surface area contributed by atoms with Crippen molar-refractivity contribution in [2.75, 3.05) is 0 Å². The molecule has 0 fully saturated rings. The largest absolute Gasteiger partial charge is 0.508 e. The van der Waals surface area contributed by atoms with Crippen molar-refractivity contribution in [2.24, 2.45) is 0 Å². The maximum absolute atomic E-state index is 12.2. The molecular formula is C19H25NO3Si. The minimum Gasteiger partial charge on any atom is -0.508 e. The number of rotatable bonds is 6. The fraction of sp³-hybridized carbons (Fsp3) is 0.316. The van der Waals surface area contributed by atoms with Crippen molar-refractivity contribution in [3.63, 3.8) is 0 Å². The highest BCUT2D eigenvalue weighted by Crippen LogP contribution is 2.26. The molecule has 1 atom stereocenters. The summed E-state index contributed by atoms with van der Waals surface area (Å²) in [6.45, 7) is 7.04. The van der Waals surface area contributed by atoms with Crippen molar-refractivity contribution in [3.8, 4) is 5.75 Å². The molecule has 0 heterocycles. The Bertz CT molecular complexity index is 651. The number of carbonyl (C=O) groups excluding carboxylic acids is 1. The van der Waals surface area contributed by atoms with Crippen molar-refractivity contribution >= 4 is 14.2 Å². The van der Waals surface area contributed by atoms with Gasteiger partial charge in [0.05, 0.1) is 6.04 Å². The molecular weight excluding hydrogens is 318 g/mol. The molecule has 1 unspecified atom stereocenters. The lowest BCUT2D eigenvalue weighted by Gasteiger charge is -2.25. The fourth-order valence-corrected chi connectivity index (χ4v) is 4.04. The molecule has 0 aromatic heterocycles. The van der Waals surface area contributed by atoms with Crippen LogP contribution in [-0.4, -0.2) is 19.3 Å². The fourth-order valence-electron chi connectivity index (χ4n) is 2.48. The monoisotopic (exact) mass is 343 g/mol. The summed E-state index contributed by atoms with van der Waals surface area (Å²) < 4.78 is 5.33. The van der Waals surface area contributed by atoms with Gasteiger partial charge in [0.1, 0.15) is 12.4 Å². The molecule has 0 saturated heterocycles. The van der Waals surface area contributed by atoms with E-state index in [0.717, 1.165) is 17.2 Å². The van der Waals surface area contributed by atoms with Gasteiger partial charge in [0, 0.05) is 8.07 Å². The van der Waals surface area contributed by atoms with E-state index in [1.165, 1.54) is 0 Å². The van der Waals surface area contributed by atoms with Crippen molar-refractivity contribution < 1.29 is 14.6 Å². The Kier molecular flexibility index (Phi) is 6.03. The third kappa shape index (κ3) is 6.08. The van der Waals surface area contributed by atoms with Crippen LogP contribution in [0.5, 0.6) is 5.75 Å². The lowest BCUT2D eigenvalue weighted by atomic mass is 10.1. The molecule has 0 aliphatic carbocycles. The topological polar surface area (TPSA) is 58.6 Å². The number of carbonyl (C=O) groups is 1. The molecule has 2 N–H and O–H groups in total. The Hall–Kier alpha value is -2.27. The zero-order chi connectivity index (χ0) is 17.6. The molecule has 4 nitrogen and oxygen atoms in total. The summed E-state index contributed by atoms with van der Waals surface area (Å²) in [4.78, 5) is 12.2. The van der Waals surface area contributed by atoms with Gasteiger partial charge in [-0.1, -0.05) is 62.1 Å². The van der Waals surface area contributed by atoms with Gasteiger partial charge in [-0.05, 0) is 29.3 Å². The summed E-state index contributed by atoms with van der Waals surface area (Å²) in [7, 11) is -1.40. The molecule has 1 amide bonds. The molecule has 5 heteroatoms. The highest BCUT2D eigenvalue weighted by molar-refractivity contribution is 6.76. The number of phenolic OH excluding ortho intramolecular Hbond substituents is 1. The number of aromatic hydroxyl groups is 1. The molecule has 0 aliphatic heterocycles. The van der Waals surface area contributed by atoms with Crippen LogP contribution in [0.3, 0.4) is 0 Å². The summed E-state index contributed by atoms with van der Waals surface area (Å²) in [5.41, 5.74) is 1.94. The Balaban J connectivity index is 2.01. The average molecular weight is 343 g/mol. The van der Waals surface area contributed by atoms with E-state index >= 15 is 0 Å². The molecule has 2 aromatic rings. The summed E-state index contributed by atoms with van der Waals surface area (Å²) >= 11 is 0. The first-order valence-corrected chi connectivity index (χ1v) is 11.8.